The fraction of sp³-hybridized carbons (Fsp3) is 1.00. The van der Waals surface area contributed by atoms with Gasteiger partial charge in [-0.15, -0.1) is 0 Å². The van der Waals surface area contributed by atoms with Crippen molar-refractivity contribution in [1.29, 1.82) is 0 Å². The van der Waals surface area contributed by atoms with Gasteiger partial charge in [0.05, 0.1) is 0 Å². The monoisotopic (exact) mass is 280 g/mol. The quantitative estimate of drug-likeness (QED) is 0.839. The van der Waals surface area contributed by atoms with Crippen LogP contribution in [0.3, 0.4) is 0 Å². The lowest BCUT2D eigenvalue weighted by atomic mass is 9.79. The molecular weight excluding hydrogens is 244 g/mol. The Morgan fingerprint density at radius 2 is 1.60 bits per heavy atom. The van der Waals surface area contributed by atoms with Crippen molar-refractivity contribution < 1.29 is 0 Å². The maximum atomic E-state index is 3.99. The van der Waals surface area contributed by atoms with Crippen LogP contribution in [0.5, 0.6) is 0 Å². The van der Waals surface area contributed by atoms with Crippen molar-refractivity contribution in [3.8, 4) is 0 Å². The highest BCUT2D eigenvalue weighted by molar-refractivity contribution is 4.88. The predicted octanol–water partition coefficient (Wildman–Crippen LogP) is 4.05. The van der Waals surface area contributed by atoms with Gasteiger partial charge in [-0.3, -0.25) is 4.90 Å². The van der Waals surface area contributed by atoms with E-state index < -0.39 is 0 Å². The van der Waals surface area contributed by atoms with E-state index >= 15 is 0 Å². The average molecular weight is 281 g/mol. The third-order valence-electron chi connectivity index (χ3n) is 5.57. The van der Waals surface area contributed by atoms with Gasteiger partial charge in [0.15, 0.2) is 0 Å². The molecule has 2 rings (SSSR count). The van der Waals surface area contributed by atoms with Crippen molar-refractivity contribution >= 4 is 0 Å². The van der Waals surface area contributed by atoms with E-state index in [1.165, 1.54) is 51.6 Å². The van der Waals surface area contributed by atoms with E-state index in [-0.39, 0.29) is 0 Å². The molecule has 118 valence electrons. The molecule has 20 heavy (non-hydrogen) atoms. The summed E-state index contributed by atoms with van der Waals surface area (Å²) in [6.45, 7) is 14.4. The molecule has 0 radical (unpaired) electrons. The minimum absolute atomic E-state index is 0.346. The summed E-state index contributed by atoms with van der Waals surface area (Å²) in [5, 5.41) is 3.99. The largest absolute Gasteiger partial charge is 0.311 e. The summed E-state index contributed by atoms with van der Waals surface area (Å²) in [6, 6.07) is 1.56. The van der Waals surface area contributed by atoms with Crippen LogP contribution in [0.4, 0.5) is 0 Å². The Labute approximate surface area is 126 Å². The topological polar surface area (TPSA) is 15.3 Å². The van der Waals surface area contributed by atoms with Crippen LogP contribution >= 0.6 is 0 Å². The van der Waals surface area contributed by atoms with E-state index in [1.54, 1.807) is 0 Å². The van der Waals surface area contributed by atoms with Gasteiger partial charge in [0.1, 0.15) is 0 Å². The molecule has 1 aliphatic heterocycles. The average Bonchev–Trinajstić information content (AvgIpc) is 2.38. The number of hydrogen-bond acceptors (Lipinski definition) is 2. The number of likely N-dealkylation sites (tertiary alicyclic amines) is 1. The van der Waals surface area contributed by atoms with Crippen LogP contribution in [0, 0.1) is 11.8 Å². The van der Waals surface area contributed by atoms with E-state index in [9.17, 15) is 0 Å². The van der Waals surface area contributed by atoms with Crippen molar-refractivity contribution in [1.82, 2.24) is 10.2 Å². The molecule has 0 amide bonds. The molecule has 0 aromatic carbocycles. The number of hydrogen-bond donors (Lipinski definition) is 1. The second-order valence-electron chi connectivity index (χ2n) is 8.47. The molecule has 0 bridgehead atoms. The molecule has 0 aromatic rings. The highest BCUT2D eigenvalue weighted by Gasteiger charge is 2.30. The Bertz CT molecular complexity index is 284. The van der Waals surface area contributed by atoms with E-state index in [0.717, 1.165) is 23.9 Å². The fourth-order valence-electron chi connectivity index (χ4n) is 4.03. The molecule has 2 aliphatic rings. The maximum Gasteiger partial charge on any atom is 0.0125 e. The van der Waals surface area contributed by atoms with Gasteiger partial charge in [-0.1, -0.05) is 26.7 Å². The normalized spacial score (nSPS) is 30.9. The van der Waals surface area contributed by atoms with E-state index in [2.05, 4.69) is 44.8 Å². The summed E-state index contributed by atoms with van der Waals surface area (Å²) < 4.78 is 0. The van der Waals surface area contributed by atoms with Crippen LogP contribution < -0.4 is 5.32 Å². The van der Waals surface area contributed by atoms with E-state index in [0.29, 0.717) is 5.54 Å². The van der Waals surface area contributed by atoms with Gasteiger partial charge < -0.3 is 5.32 Å². The lowest BCUT2D eigenvalue weighted by Gasteiger charge is -2.42. The van der Waals surface area contributed by atoms with Crippen LogP contribution in [0.15, 0.2) is 0 Å². The molecule has 0 aromatic heterocycles. The fourth-order valence-corrected chi connectivity index (χ4v) is 4.03. The van der Waals surface area contributed by atoms with E-state index in [4.69, 9.17) is 0 Å². The van der Waals surface area contributed by atoms with Gasteiger partial charge in [0, 0.05) is 30.7 Å². The number of piperidine rings is 1. The molecule has 2 unspecified atom stereocenters. The van der Waals surface area contributed by atoms with Crippen molar-refractivity contribution in [2.24, 2.45) is 11.8 Å². The van der Waals surface area contributed by atoms with Crippen LogP contribution in [-0.4, -0.2) is 35.6 Å². The number of nitrogens with one attached hydrogen (secondary N) is 1. The van der Waals surface area contributed by atoms with Gasteiger partial charge in [0.25, 0.3) is 0 Å². The second-order valence-corrected chi connectivity index (χ2v) is 8.47. The van der Waals surface area contributed by atoms with Gasteiger partial charge in [0.2, 0.25) is 0 Å². The van der Waals surface area contributed by atoms with E-state index in [1.807, 2.05) is 0 Å². The highest BCUT2D eigenvalue weighted by Crippen LogP contribution is 2.31. The van der Waals surface area contributed by atoms with Crippen LogP contribution in [0.1, 0.15) is 73.1 Å². The zero-order valence-electron chi connectivity index (χ0n) is 14.4. The van der Waals surface area contributed by atoms with Crippen LogP contribution in [0.2, 0.25) is 0 Å². The molecule has 0 spiro atoms. The summed E-state index contributed by atoms with van der Waals surface area (Å²) in [6.07, 6.45) is 8.37. The molecule has 2 heteroatoms. The van der Waals surface area contributed by atoms with Crippen molar-refractivity contribution in [2.75, 3.05) is 13.1 Å². The van der Waals surface area contributed by atoms with Crippen LogP contribution in [0.25, 0.3) is 0 Å². The van der Waals surface area contributed by atoms with Gasteiger partial charge in [-0.2, -0.15) is 0 Å². The molecule has 2 fully saturated rings. The minimum Gasteiger partial charge on any atom is -0.311 e. The molecule has 2 nitrogen and oxygen atoms in total. The number of rotatable bonds is 3. The summed E-state index contributed by atoms with van der Waals surface area (Å²) in [5.74, 6) is 1.82. The minimum atomic E-state index is 0.346. The number of nitrogens with zero attached hydrogens (tertiary/aromatic N) is 1. The Kier molecular flexibility index (Phi) is 5.53. The Hall–Kier alpha value is -0.0800. The SMILES string of the molecule is CC(C)C1CCCC(NC2CCN(C(C)(C)C)CC2)C1. The summed E-state index contributed by atoms with van der Waals surface area (Å²) >= 11 is 0. The zero-order chi connectivity index (χ0) is 14.8. The van der Waals surface area contributed by atoms with Gasteiger partial charge in [-0.05, 0) is 58.3 Å². The highest BCUT2D eigenvalue weighted by atomic mass is 15.2. The molecule has 1 saturated heterocycles. The molecular formula is C18H36N2. The third-order valence-corrected chi connectivity index (χ3v) is 5.57. The first-order chi connectivity index (χ1) is 9.36. The third kappa shape index (κ3) is 4.46. The van der Waals surface area contributed by atoms with Crippen molar-refractivity contribution in [3.05, 3.63) is 0 Å². The van der Waals surface area contributed by atoms with Gasteiger partial charge >= 0.3 is 0 Å². The predicted molar refractivity (Wildman–Crippen MR) is 88.1 cm³/mol. The lowest BCUT2D eigenvalue weighted by Crippen LogP contribution is -2.52. The molecule has 1 aliphatic carbocycles. The first kappa shape index (κ1) is 16.3. The Morgan fingerprint density at radius 1 is 0.950 bits per heavy atom. The summed E-state index contributed by atoms with van der Waals surface area (Å²) in [5.41, 5.74) is 0.346. The first-order valence-corrected chi connectivity index (χ1v) is 8.87. The lowest BCUT2D eigenvalue weighted by molar-refractivity contribution is 0.0898. The molecule has 1 N–H and O–H groups in total. The second kappa shape index (κ2) is 6.79. The van der Waals surface area contributed by atoms with Crippen molar-refractivity contribution in [3.63, 3.8) is 0 Å². The smallest absolute Gasteiger partial charge is 0.0125 e. The summed E-state index contributed by atoms with van der Waals surface area (Å²) in [4.78, 5) is 2.64. The van der Waals surface area contributed by atoms with Crippen LogP contribution in [-0.2, 0) is 0 Å². The molecule has 1 saturated carbocycles. The van der Waals surface area contributed by atoms with Gasteiger partial charge in [-0.25, -0.2) is 0 Å². The Balaban J connectivity index is 1.75. The van der Waals surface area contributed by atoms with Crippen molar-refractivity contribution in [2.45, 2.75) is 90.8 Å². The molecule has 2 atom stereocenters. The Morgan fingerprint density at radius 3 is 2.15 bits per heavy atom. The standard InChI is InChI=1S/C18H36N2/c1-14(2)15-7-6-8-17(13-15)19-16-9-11-20(12-10-16)18(3,4)5/h14-17,19H,6-13H2,1-5H3. The molecule has 1 heterocycles. The summed E-state index contributed by atoms with van der Waals surface area (Å²) in [7, 11) is 0. The maximum absolute atomic E-state index is 3.99. The zero-order valence-corrected chi connectivity index (χ0v) is 14.4. The first-order valence-electron chi connectivity index (χ1n) is 8.87.